The molecule has 0 unspecified atom stereocenters. The minimum Gasteiger partial charge on any atom is -0.492 e. The van der Waals surface area contributed by atoms with Crippen LogP contribution in [0.2, 0.25) is 0 Å². The van der Waals surface area contributed by atoms with Crippen LogP contribution in [0.4, 0.5) is 0 Å². The normalized spacial score (nSPS) is 10.6. The van der Waals surface area contributed by atoms with Crippen LogP contribution in [0.3, 0.4) is 0 Å². The maximum absolute atomic E-state index is 9.46. The standard InChI is InChI=1S/C13H16N2O/c1-3-7-15-12(9-13(16)14-15)11-6-4-5-10(2)8-11/h4-6,8-9H,3,7H2,1-2H3,(H,14,16). The number of aryl methyl sites for hydroxylation is 2. The van der Waals surface area contributed by atoms with Crippen molar-refractivity contribution in [2.24, 2.45) is 0 Å². The lowest BCUT2D eigenvalue weighted by Crippen LogP contribution is -2.01. The SMILES string of the molecule is CCCn1nc(O)cc1-c1cccc(C)c1. The van der Waals surface area contributed by atoms with Gasteiger partial charge in [-0.2, -0.15) is 0 Å². The summed E-state index contributed by atoms with van der Waals surface area (Å²) in [5.41, 5.74) is 3.28. The fourth-order valence-electron chi connectivity index (χ4n) is 1.82. The molecule has 0 saturated carbocycles. The van der Waals surface area contributed by atoms with Crippen LogP contribution in [0.25, 0.3) is 11.3 Å². The number of nitrogens with zero attached hydrogens (tertiary/aromatic N) is 2. The summed E-state index contributed by atoms with van der Waals surface area (Å²) in [6.45, 7) is 4.98. The van der Waals surface area contributed by atoms with E-state index < -0.39 is 0 Å². The molecular formula is C13H16N2O. The Morgan fingerprint density at radius 2 is 2.12 bits per heavy atom. The smallest absolute Gasteiger partial charge is 0.230 e. The number of benzene rings is 1. The molecule has 0 fully saturated rings. The van der Waals surface area contributed by atoms with Gasteiger partial charge < -0.3 is 5.11 Å². The first-order valence-electron chi connectivity index (χ1n) is 5.54. The lowest BCUT2D eigenvalue weighted by Gasteiger charge is -2.06. The van der Waals surface area contributed by atoms with Crippen molar-refractivity contribution in [3.05, 3.63) is 35.9 Å². The molecule has 3 nitrogen and oxygen atoms in total. The molecule has 16 heavy (non-hydrogen) atoms. The average molecular weight is 216 g/mol. The van der Waals surface area contributed by atoms with Crippen molar-refractivity contribution in [2.75, 3.05) is 0 Å². The fraction of sp³-hybridized carbons (Fsp3) is 0.308. The molecular weight excluding hydrogens is 200 g/mol. The Morgan fingerprint density at radius 1 is 1.31 bits per heavy atom. The van der Waals surface area contributed by atoms with Crippen molar-refractivity contribution in [3.63, 3.8) is 0 Å². The van der Waals surface area contributed by atoms with E-state index >= 15 is 0 Å². The van der Waals surface area contributed by atoms with Gasteiger partial charge in [-0.3, -0.25) is 4.68 Å². The molecule has 0 radical (unpaired) electrons. The predicted molar refractivity (Wildman–Crippen MR) is 64.4 cm³/mol. The highest BCUT2D eigenvalue weighted by Gasteiger charge is 2.08. The van der Waals surface area contributed by atoms with Crippen LogP contribution in [-0.2, 0) is 6.54 Å². The fourth-order valence-corrected chi connectivity index (χ4v) is 1.82. The minimum atomic E-state index is 0.0879. The highest BCUT2D eigenvalue weighted by Crippen LogP contribution is 2.24. The van der Waals surface area contributed by atoms with Crippen LogP contribution >= 0.6 is 0 Å². The number of hydrogen-bond acceptors (Lipinski definition) is 2. The van der Waals surface area contributed by atoms with Crippen molar-refractivity contribution < 1.29 is 5.11 Å². The molecule has 0 spiro atoms. The van der Waals surface area contributed by atoms with Gasteiger partial charge >= 0.3 is 0 Å². The van der Waals surface area contributed by atoms with Crippen LogP contribution in [0, 0.1) is 6.92 Å². The Hall–Kier alpha value is -1.77. The second kappa shape index (κ2) is 4.39. The van der Waals surface area contributed by atoms with Gasteiger partial charge in [0.05, 0.1) is 5.69 Å². The van der Waals surface area contributed by atoms with Crippen molar-refractivity contribution in [1.29, 1.82) is 0 Å². The van der Waals surface area contributed by atoms with E-state index in [1.54, 1.807) is 6.07 Å². The van der Waals surface area contributed by atoms with E-state index in [0.717, 1.165) is 24.2 Å². The third kappa shape index (κ3) is 2.08. The van der Waals surface area contributed by atoms with Gasteiger partial charge in [-0.1, -0.05) is 30.7 Å². The molecule has 1 N–H and O–H groups in total. The minimum absolute atomic E-state index is 0.0879. The topological polar surface area (TPSA) is 38.0 Å². The summed E-state index contributed by atoms with van der Waals surface area (Å²) in [5, 5.41) is 13.5. The van der Waals surface area contributed by atoms with E-state index in [4.69, 9.17) is 0 Å². The molecule has 0 saturated heterocycles. The molecule has 1 aromatic carbocycles. The van der Waals surface area contributed by atoms with Gasteiger partial charge in [0.2, 0.25) is 5.88 Å². The summed E-state index contributed by atoms with van der Waals surface area (Å²) >= 11 is 0. The van der Waals surface area contributed by atoms with Gasteiger partial charge in [0.1, 0.15) is 0 Å². The zero-order valence-corrected chi connectivity index (χ0v) is 9.64. The highest BCUT2D eigenvalue weighted by molar-refractivity contribution is 5.61. The second-order valence-electron chi connectivity index (χ2n) is 3.98. The zero-order valence-electron chi connectivity index (χ0n) is 9.64. The molecule has 1 heterocycles. The summed E-state index contributed by atoms with van der Waals surface area (Å²) < 4.78 is 1.85. The van der Waals surface area contributed by atoms with Crippen molar-refractivity contribution >= 4 is 0 Å². The van der Waals surface area contributed by atoms with Crippen molar-refractivity contribution in [1.82, 2.24) is 9.78 Å². The number of rotatable bonds is 3. The first kappa shape index (κ1) is 10.7. The lowest BCUT2D eigenvalue weighted by atomic mass is 10.1. The number of aromatic nitrogens is 2. The Bertz CT molecular complexity index is 488. The van der Waals surface area contributed by atoms with Gasteiger partial charge in [0, 0.05) is 18.2 Å². The van der Waals surface area contributed by atoms with E-state index in [9.17, 15) is 5.11 Å². The molecule has 2 rings (SSSR count). The van der Waals surface area contributed by atoms with Crippen molar-refractivity contribution in [3.8, 4) is 17.1 Å². The van der Waals surface area contributed by atoms with Gasteiger partial charge in [0.25, 0.3) is 0 Å². The van der Waals surface area contributed by atoms with E-state index in [0.29, 0.717) is 0 Å². The van der Waals surface area contributed by atoms with Crippen LogP contribution in [-0.4, -0.2) is 14.9 Å². The first-order valence-corrected chi connectivity index (χ1v) is 5.54. The summed E-state index contributed by atoms with van der Waals surface area (Å²) in [5.74, 6) is 0.0879. The Kier molecular flexibility index (Phi) is 2.95. The largest absolute Gasteiger partial charge is 0.492 e. The van der Waals surface area contributed by atoms with E-state index in [2.05, 4.69) is 31.1 Å². The zero-order chi connectivity index (χ0) is 11.5. The van der Waals surface area contributed by atoms with Gasteiger partial charge in [-0.15, -0.1) is 5.10 Å². The number of hydrogen-bond donors (Lipinski definition) is 1. The molecule has 2 aromatic rings. The first-order chi connectivity index (χ1) is 7.70. The molecule has 0 aliphatic carbocycles. The van der Waals surface area contributed by atoms with E-state index in [1.807, 2.05) is 16.8 Å². The quantitative estimate of drug-likeness (QED) is 0.856. The molecule has 3 heteroatoms. The lowest BCUT2D eigenvalue weighted by molar-refractivity contribution is 0.436. The van der Waals surface area contributed by atoms with Gasteiger partial charge in [-0.05, 0) is 19.4 Å². The Balaban J connectivity index is 2.46. The summed E-state index contributed by atoms with van der Waals surface area (Å²) in [6, 6.07) is 9.93. The van der Waals surface area contributed by atoms with Gasteiger partial charge in [-0.25, -0.2) is 0 Å². The monoisotopic (exact) mass is 216 g/mol. The second-order valence-corrected chi connectivity index (χ2v) is 3.98. The van der Waals surface area contributed by atoms with Crippen molar-refractivity contribution in [2.45, 2.75) is 26.8 Å². The number of aromatic hydroxyl groups is 1. The summed E-state index contributed by atoms with van der Waals surface area (Å²) in [7, 11) is 0. The van der Waals surface area contributed by atoms with Crippen LogP contribution < -0.4 is 0 Å². The third-order valence-corrected chi connectivity index (χ3v) is 2.52. The maximum atomic E-state index is 9.46. The molecule has 0 bridgehead atoms. The summed E-state index contributed by atoms with van der Waals surface area (Å²) in [6.07, 6.45) is 1.000. The predicted octanol–water partition coefficient (Wildman–Crippen LogP) is 2.97. The third-order valence-electron chi connectivity index (χ3n) is 2.52. The Labute approximate surface area is 95.3 Å². The van der Waals surface area contributed by atoms with Crippen LogP contribution in [0.5, 0.6) is 5.88 Å². The van der Waals surface area contributed by atoms with Gasteiger partial charge in [0.15, 0.2) is 0 Å². The molecule has 0 aliphatic heterocycles. The summed E-state index contributed by atoms with van der Waals surface area (Å²) in [4.78, 5) is 0. The highest BCUT2D eigenvalue weighted by atomic mass is 16.3. The average Bonchev–Trinajstić information content (AvgIpc) is 2.60. The van der Waals surface area contributed by atoms with Crippen LogP contribution in [0.15, 0.2) is 30.3 Å². The van der Waals surface area contributed by atoms with Crippen LogP contribution in [0.1, 0.15) is 18.9 Å². The van der Waals surface area contributed by atoms with E-state index in [1.165, 1.54) is 5.56 Å². The Morgan fingerprint density at radius 3 is 2.81 bits per heavy atom. The molecule has 0 amide bonds. The molecule has 1 aromatic heterocycles. The molecule has 0 aliphatic rings. The molecule has 0 atom stereocenters. The maximum Gasteiger partial charge on any atom is 0.230 e. The van der Waals surface area contributed by atoms with E-state index in [-0.39, 0.29) is 5.88 Å². The molecule has 84 valence electrons.